The van der Waals surface area contributed by atoms with Crippen LogP contribution in [0.5, 0.6) is 0 Å². The molecule has 0 spiro atoms. The van der Waals surface area contributed by atoms with Crippen LogP contribution >= 0.6 is 18.0 Å². The molecule has 1 atom stereocenters. The van der Waals surface area contributed by atoms with E-state index >= 15 is 0 Å². The molecule has 0 bridgehead atoms. The first-order valence-corrected chi connectivity index (χ1v) is 7.42. The van der Waals surface area contributed by atoms with Crippen LogP contribution < -0.4 is 5.09 Å². The van der Waals surface area contributed by atoms with Crippen LogP contribution in [0.25, 0.3) is 0 Å². The second-order valence-electron chi connectivity index (χ2n) is 3.22. The molecule has 1 aliphatic heterocycles. The van der Waals surface area contributed by atoms with Gasteiger partial charge in [-0.05, 0) is 0 Å². The van der Waals surface area contributed by atoms with E-state index in [-0.39, 0.29) is 11.2 Å². The number of carbonyl (C=O) groups excluding carboxylic acids is 1. The largest absolute Gasteiger partial charge is 0.295 e. The third kappa shape index (κ3) is 2.48. The quantitative estimate of drug-likeness (QED) is 0.722. The summed E-state index contributed by atoms with van der Waals surface area (Å²) in [5.74, 6) is -0.110. The summed E-state index contributed by atoms with van der Waals surface area (Å²) in [5.41, 5.74) is 0. The first-order valence-electron chi connectivity index (χ1n) is 4.28. The van der Waals surface area contributed by atoms with Gasteiger partial charge in [-0.3, -0.25) is 14.0 Å². The predicted octanol–water partition coefficient (Wildman–Crippen LogP) is 1.69. The van der Waals surface area contributed by atoms with Gasteiger partial charge in [-0.1, -0.05) is 25.2 Å². The molecule has 0 aliphatic carbocycles. The highest BCUT2D eigenvalue weighted by Gasteiger charge is 2.38. The van der Waals surface area contributed by atoms with Crippen molar-refractivity contribution in [2.24, 2.45) is 0 Å². The third-order valence-corrected chi connectivity index (χ3v) is 7.22. The van der Waals surface area contributed by atoms with Gasteiger partial charge in [0.05, 0.1) is 0 Å². The van der Waals surface area contributed by atoms with Gasteiger partial charge in [0.25, 0.3) is 6.65 Å². The maximum atomic E-state index is 12.2. The molecule has 1 saturated heterocycles. The SMILES string of the molecule is CC(=O)N1CCNP1(=O)SC(C)C. The molecule has 6 heteroatoms. The van der Waals surface area contributed by atoms with Gasteiger partial charge >= 0.3 is 0 Å². The highest BCUT2D eigenvalue weighted by atomic mass is 32.7. The molecule has 0 saturated carbocycles. The fraction of sp³-hybridized carbons (Fsp3) is 0.857. The van der Waals surface area contributed by atoms with Gasteiger partial charge in [0.1, 0.15) is 0 Å². The fourth-order valence-electron chi connectivity index (χ4n) is 1.24. The van der Waals surface area contributed by atoms with Crippen LogP contribution in [-0.4, -0.2) is 28.9 Å². The Balaban J connectivity index is 2.76. The molecule has 1 fully saturated rings. The Hall–Kier alpha value is 0.01000. The van der Waals surface area contributed by atoms with Crippen molar-refractivity contribution in [2.75, 3.05) is 13.1 Å². The van der Waals surface area contributed by atoms with Crippen molar-refractivity contribution in [1.29, 1.82) is 0 Å². The van der Waals surface area contributed by atoms with Crippen molar-refractivity contribution < 1.29 is 9.36 Å². The lowest BCUT2D eigenvalue weighted by Crippen LogP contribution is -2.21. The maximum absolute atomic E-state index is 12.2. The summed E-state index contributed by atoms with van der Waals surface area (Å²) in [4.78, 5) is 11.1. The molecule has 1 rings (SSSR count). The number of amides is 1. The lowest BCUT2D eigenvalue weighted by Gasteiger charge is -2.23. The Morgan fingerprint density at radius 2 is 2.23 bits per heavy atom. The van der Waals surface area contributed by atoms with Gasteiger partial charge in [0.2, 0.25) is 5.91 Å². The van der Waals surface area contributed by atoms with Gasteiger partial charge in [-0.2, -0.15) is 0 Å². The number of nitrogens with zero attached hydrogens (tertiary/aromatic N) is 1. The van der Waals surface area contributed by atoms with E-state index in [4.69, 9.17) is 0 Å². The third-order valence-electron chi connectivity index (χ3n) is 1.67. The minimum Gasteiger partial charge on any atom is -0.275 e. The molecule has 0 radical (unpaired) electrons. The van der Waals surface area contributed by atoms with Crippen LogP contribution in [0.3, 0.4) is 0 Å². The van der Waals surface area contributed by atoms with E-state index in [1.165, 1.54) is 23.0 Å². The minimum absolute atomic E-state index is 0.110. The van der Waals surface area contributed by atoms with Crippen molar-refractivity contribution in [1.82, 2.24) is 9.76 Å². The zero-order valence-electron chi connectivity index (χ0n) is 8.11. The Morgan fingerprint density at radius 3 is 2.69 bits per heavy atom. The van der Waals surface area contributed by atoms with Crippen LogP contribution in [0.1, 0.15) is 20.8 Å². The molecule has 0 aromatic rings. The summed E-state index contributed by atoms with van der Waals surface area (Å²) in [6.45, 7) is 3.96. The molecule has 1 unspecified atom stereocenters. The Bertz CT molecular complexity index is 257. The fourth-order valence-corrected chi connectivity index (χ4v) is 6.43. The summed E-state index contributed by atoms with van der Waals surface area (Å²) in [6, 6.07) is 0. The number of nitrogens with one attached hydrogen (secondary N) is 1. The first kappa shape index (κ1) is 11.1. The van der Waals surface area contributed by atoms with Gasteiger partial charge in [0.15, 0.2) is 0 Å². The topological polar surface area (TPSA) is 49.4 Å². The number of hydrogen-bond donors (Lipinski definition) is 1. The lowest BCUT2D eigenvalue weighted by atomic mass is 10.6. The molecule has 1 aliphatic rings. The van der Waals surface area contributed by atoms with Crippen molar-refractivity contribution in [3.05, 3.63) is 0 Å². The molecule has 1 heterocycles. The molecule has 1 amide bonds. The molecular weight excluding hydrogens is 207 g/mol. The number of rotatable bonds is 2. The summed E-state index contributed by atoms with van der Waals surface area (Å²) in [7, 11) is 0. The zero-order valence-corrected chi connectivity index (χ0v) is 9.82. The zero-order chi connectivity index (χ0) is 10.1. The van der Waals surface area contributed by atoms with E-state index in [2.05, 4.69) is 5.09 Å². The van der Waals surface area contributed by atoms with Crippen molar-refractivity contribution in [2.45, 2.75) is 26.0 Å². The van der Waals surface area contributed by atoms with Crippen molar-refractivity contribution >= 4 is 23.9 Å². The van der Waals surface area contributed by atoms with Crippen molar-refractivity contribution in [3.63, 3.8) is 0 Å². The molecule has 0 aromatic carbocycles. The average Bonchev–Trinajstić information content (AvgIpc) is 2.28. The second-order valence-corrected chi connectivity index (χ2v) is 8.34. The van der Waals surface area contributed by atoms with Crippen LogP contribution in [0.2, 0.25) is 0 Å². The average molecular weight is 222 g/mol. The Labute approximate surface area is 82.7 Å². The highest BCUT2D eigenvalue weighted by molar-refractivity contribution is 8.57. The van der Waals surface area contributed by atoms with E-state index in [1.54, 1.807) is 0 Å². The lowest BCUT2D eigenvalue weighted by molar-refractivity contribution is -0.123. The van der Waals surface area contributed by atoms with E-state index in [1.807, 2.05) is 13.8 Å². The van der Waals surface area contributed by atoms with Gasteiger partial charge in [-0.25, -0.2) is 5.09 Å². The smallest absolute Gasteiger partial charge is 0.275 e. The molecule has 76 valence electrons. The van der Waals surface area contributed by atoms with Crippen LogP contribution in [0.15, 0.2) is 0 Å². The number of hydrogen-bond acceptors (Lipinski definition) is 3. The van der Waals surface area contributed by atoms with Crippen LogP contribution in [-0.2, 0) is 9.36 Å². The molecular formula is C7H15N2O2PS. The van der Waals surface area contributed by atoms with Crippen molar-refractivity contribution in [3.8, 4) is 0 Å². The Kier molecular flexibility index (Phi) is 3.44. The summed E-state index contributed by atoms with van der Waals surface area (Å²) in [6.07, 6.45) is 0. The van der Waals surface area contributed by atoms with Gasteiger partial charge in [0, 0.05) is 25.3 Å². The van der Waals surface area contributed by atoms with E-state index < -0.39 is 6.65 Å². The monoisotopic (exact) mass is 222 g/mol. The normalized spacial score (nSPS) is 28.5. The number of carbonyl (C=O) groups is 1. The summed E-state index contributed by atoms with van der Waals surface area (Å²) in [5, 5.41) is 3.18. The van der Waals surface area contributed by atoms with Gasteiger partial charge in [-0.15, -0.1) is 0 Å². The first-order chi connectivity index (χ1) is 5.96. The van der Waals surface area contributed by atoms with Crippen LogP contribution in [0, 0.1) is 0 Å². The summed E-state index contributed by atoms with van der Waals surface area (Å²) < 4.78 is 13.6. The minimum atomic E-state index is -2.64. The Morgan fingerprint density at radius 1 is 1.62 bits per heavy atom. The molecule has 1 N–H and O–H groups in total. The van der Waals surface area contributed by atoms with E-state index in [0.717, 1.165) is 0 Å². The standard InChI is InChI=1S/C7H15N2O2PS/c1-6(2)13-12(11)8-4-5-9(12)7(3)10/h6H,4-5H2,1-3H3,(H,8,11). The molecule has 13 heavy (non-hydrogen) atoms. The summed E-state index contributed by atoms with van der Waals surface area (Å²) >= 11 is 1.35. The molecule has 4 nitrogen and oxygen atoms in total. The van der Waals surface area contributed by atoms with E-state index in [9.17, 15) is 9.36 Å². The molecule has 0 aromatic heterocycles. The van der Waals surface area contributed by atoms with E-state index in [0.29, 0.717) is 13.1 Å². The van der Waals surface area contributed by atoms with Gasteiger partial charge < -0.3 is 0 Å². The van der Waals surface area contributed by atoms with Crippen LogP contribution in [0.4, 0.5) is 0 Å². The second kappa shape index (κ2) is 4.03. The predicted molar refractivity (Wildman–Crippen MR) is 55.7 cm³/mol. The highest BCUT2D eigenvalue weighted by Crippen LogP contribution is 2.61. The maximum Gasteiger partial charge on any atom is 0.295 e.